The maximum absolute atomic E-state index is 12.7. The van der Waals surface area contributed by atoms with Gasteiger partial charge in [0.25, 0.3) is 5.91 Å². The number of pyridine rings is 1. The fourth-order valence-corrected chi connectivity index (χ4v) is 2.97. The summed E-state index contributed by atoms with van der Waals surface area (Å²) in [6.07, 6.45) is 1.91. The van der Waals surface area contributed by atoms with Crippen molar-refractivity contribution in [2.45, 2.75) is 6.92 Å². The van der Waals surface area contributed by atoms with Crippen LogP contribution in [0.15, 0.2) is 72.9 Å². The van der Waals surface area contributed by atoms with Crippen LogP contribution in [0.25, 0.3) is 16.9 Å². The van der Waals surface area contributed by atoms with Gasteiger partial charge in [-0.2, -0.15) is 0 Å². The molecule has 26 heavy (non-hydrogen) atoms. The number of aryl methyl sites for hydroxylation is 1. The Morgan fingerprint density at radius 3 is 2.50 bits per heavy atom. The molecule has 0 aliphatic heterocycles. The van der Waals surface area contributed by atoms with E-state index in [0.29, 0.717) is 22.1 Å². The van der Waals surface area contributed by atoms with Crippen LogP contribution in [0.3, 0.4) is 0 Å². The SMILES string of the molecule is Cc1ccn2c(NC(=O)c3ccccc3)c(-c3ccc(Cl)cc3)nc2c1. The highest BCUT2D eigenvalue weighted by Gasteiger charge is 2.17. The van der Waals surface area contributed by atoms with Crippen LogP contribution in [0.2, 0.25) is 5.02 Å². The third kappa shape index (κ3) is 3.07. The van der Waals surface area contributed by atoms with Crippen molar-refractivity contribution < 1.29 is 4.79 Å². The van der Waals surface area contributed by atoms with E-state index >= 15 is 0 Å². The number of carbonyl (C=O) groups excluding carboxylic acids is 1. The molecule has 0 atom stereocenters. The first kappa shape index (κ1) is 16.4. The van der Waals surface area contributed by atoms with Crippen molar-refractivity contribution in [3.05, 3.63) is 89.1 Å². The van der Waals surface area contributed by atoms with Gasteiger partial charge in [0, 0.05) is 22.3 Å². The van der Waals surface area contributed by atoms with Crippen LogP contribution in [0.1, 0.15) is 15.9 Å². The minimum atomic E-state index is -0.178. The Balaban J connectivity index is 1.84. The Morgan fingerprint density at radius 1 is 1.04 bits per heavy atom. The molecule has 2 heterocycles. The van der Waals surface area contributed by atoms with Gasteiger partial charge in [-0.1, -0.05) is 41.9 Å². The minimum absolute atomic E-state index is 0.178. The van der Waals surface area contributed by atoms with E-state index < -0.39 is 0 Å². The summed E-state index contributed by atoms with van der Waals surface area (Å²) in [5.41, 5.74) is 4.07. The number of hydrogen-bond acceptors (Lipinski definition) is 2. The molecule has 2 aromatic heterocycles. The molecule has 0 radical (unpaired) electrons. The third-order valence-corrected chi connectivity index (χ3v) is 4.42. The fourth-order valence-electron chi connectivity index (χ4n) is 2.84. The number of nitrogens with zero attached hydrogens (tertiary/aromatic N) is 2. The van der Waals surface area contributed by atoms with Gasteiger partial charge >= 0.3 is 0 Å². The predicted octanol–water partition coefficient (Wildman–Crippen LogP) is 5.22. The summed E-state index contributed by atoms with van der Waals surface area (Å²) in [4.78, 5) is 17.4. The van der Waals surface area contributed by atoms with Gasteiger partial charge in [-0.15, -0.1) is 0 Å². The van der Waals surface area contributed by atoms with Gasteiger partial charge in [-0.3, -0.25) is 9.20 Å². The summed E-state index contributed by atoms with van der Waals surface area (Å²) < 4.78 is 1.89. The van der Waals surface area contributed by atoms with Crippen molar-refractivity contribution in [3.8, 4) is 11.3 Å². The molecule has 0 saturated heterocycles. The fraction of sp³-hybridized carbons (Fsp3) is 0.0476. The standard InChI is InChI=1S/C21H16ClN3O/c1-14-11-12-25-18(13-14)23-19(15-7-9-17(22)10-8-15)20(25)24-21(26)16-5-3-2-4-6-16/h2-13H,1H3,(H,24,26). The van der Waals surface area contributed by atoms with Crippen LogP contribution in [0, 0.1) is 6.92 Å². The molecule has 0 aliphatic rings. The zero-order valence-corrected chi connectivity index (χ0v) is 14.9. The van der Waals surface area contributed by atoms with Crippen LogP contribution < -0.4 is 5.32 Å². The second-order valence-electron chi connectivity index (χ2n) is 6.07. The summed E-state index contributed by atoms with van der Waals surface area (Å²) in [6.45, 7) is 2.01. The molecule has 4 rings (SSSR count). The monoisotopic (exact) mass is 361 g/mol. The van der Waals surface area contributed by atoms with Crippen LogP contribution >= 0.6 is 11.6 Å². The van der Waals surface area contributed by atoms with E-state index in [1.54, 1.807) is 12.1 Å². The number of hydrogen-bond donors (Lipinski definition) is 1. The Morgan fingerprint density at radius 2 is 1.77 bits per heavy atom. The van der Waals surface area contributed by atoms with Gasteiger partial charge in [0.05, 0.1) is 0 Å². The molecule has 128 valence electrons. The number of carbonyl (C=O) groups is 1. The van der Waals surface area contributed by atoms with Crippen molar-refractivity contribution in [2.24, 2.45) is 0 Å². The van der Waals surface area contributed by atoms with Crippen LogP contribution in [0.5, 0.6) is 0 Å². The number of benzene rings is 2. The number of halogens is 1. The first-order chi connectivity index (χ1) is 12.6. The number of anilines is 1. The van der Waals surface area contributed by atoms with E-state index in [9.17, 15) is 4.79 Å². The molecule has 1 N–H and O–H groups in total. The number of nitrogens with one attached hydrogen (secondary N) is 1. The lowest BCUT2D eigenvalue weighted by atomic mass is 10.1. The first-order valence-electron chi connectivity index (χ1n) is 8.23. The number of imidazole rings is 1. The molecule has 0 saturated carbocycles. The van der Waals surface area contributed by atoms with Gasteiger partial charge in [-0.25, -0.2) is 4.98 Å². The Bertz CT molecular complexity index is 1090. The molecule has 4 aromatic rings. The van der Waals surface area contributed by atoms with Crippen molar-refractivity contribution in [2.75, 3.05) is 5.32 Å². The highest BCUT2D eigenvalue weighted by Crippen LogP contribution is 2.30. The topological polar surface area (TPSA) is 46.4 Å². The van der Waals surface area contributed by atoms with Crippen LogP contribution in [-0.4, -0.2) is 15.3 Å². The van der Waals surface area contributed by atoms with Gasteiger partial charge in [0.2, 0.25) is 0 Å². The Hall–Kier alpha value is -3.11. The van der Waals surface area contributed by atoms with Gasteiger partial charge in [0.1, 0.15) is 17.2 Å². The highest BCUT2D eigenvalue weighted by molar-refractivity contribution is 6.30. The lowest BCUT2D eigenvalue weighted by Gasteiger charge is -2.08. The average molecular weight is 362 g/mol. The van der Waals surface area contributed by atoms with Gasteiger partial charge < -0.3 is 5.32 Å². The third-order valence-electron chi connectivity index (χ3n) is 4.17. The molecule has 5 heteroatoms. The summed E-state index contributed by atoms with van der Waals surface area (Å²) in [7, 11) is 0. The maximum Gasteiger partial charge on any atom is 0.256 e. The van der Waals surface area contributed by atoms with Crippen molar-refractivity contribution in [1.29, 1.82) is 0 Å². The molecule has 0 aliphatic carbocycles. The molecular weight excluding hydrogens is 346 g/mol. The first-order valence-corrected chi connectivity index (χ1v) is 8.61. The van der Waals surface area contributed by atoms with E-state index in [1.807, 2.05) is 72.1 Å². The van der Waals surface area contributed by atoms with Crippen LogP contribution in [0.4, 0.5) is 5.82 Å². The molecule has 0 fully saturated rings. The van der Waals surface area contributed by atoms with Gasteiger partial charge in [0.15, 0.2) is 0 Å². The molecule has 1 amide bonds. The lowest BCUT2D eigenvalue weighted by molar-refractivity contribution is 0.102. The van der Waals surface area contributed by atoms with E-state index in [4.69, 9.17) is 16.6 Å². The van der Waals surface area contributed by atoms with E-state index in [2.05, 4.69) is 5.32 Å². The van der Waals surface area contributed by atoms with E-state index in [0.717, 1.165) is 16.8 Å². The highest BCUT2D eigenvalue weighted by atomic mass is 35.5. The summed E-state index contributed by atoms with van der Waals surface area (Å²) >= 11 is 6.01. The minimum Gasteiger partial charge on any atom is -0.306 e. The second-order valence-corrected chi connectivity index (χ2v) is 6.50. The maximum atomic E-state index is 12.7. The smallest absolute Gasteiger partial charge is 0.256 e. The largest absolute Gasteiger partial charge is 0.306 e. The molecule has 0 bridgehead atoms. The predicted molar refractivity (Wildman–Crippen MR) is 105 cm³/mol. The molecule has 4 nitrogen and oxygen atoms in total. The number of rotatable bonds is 3. The van der Waals surface area contributed by atoms with Crippen molar-refractivity contribution in [1.82, 2.24) is 9.38 Å². The van der Waals surface area contributed by atoms with Crippen molar-refractivity contribution in [3.63, 3.8) is 0 Å². The zero-order valence-electron chi connectivity index (χ0n) is 14.1. The lowest BCUT2D eigenvalue weighted by Crippen LogP contribution is -2.13. The number of aromatic nitrogens is 2. The molecule has 0 unspecified atom stereocenters. The van der Waals surface area contributed by atoms with Gasteiger partial charge in [-0.05, 0) is 48.9 Å². The second kappa shape index (κ2) is 6.65. The molecular formula is C21H16ClN3O. The summed E-state index contributed by atoms with van der Waals surface area (Å²) in [5.74, 6) is 0.458. The van der Waals surface area contributed by atoms with Crippen molar-refractivity contribution >= 4 is 29.0 Å². The number of amides is 1. The van der Waals surface area contributed by atoms with E-state index in [1.165, 1.54) is 0 Å². The number of fused-ring (bicyclic) bond motifs is 1. The summed E-state index contributed by atoms with van der Waals surface area (Å²) in [5, 5.41) is 3.67. The zero-order chi connectivity index (χ0) is 18.1. The average Bonchev–Trinajstić information content (AvgIpc) is 3.00. The van der Waals surface area contributed by atoms with E-state index in [-0.39, 0.29) is 5.91 Å². The summed E-state index contributed by atoms with van der Waals surface area (Å²) in [6, 6.07) is 20.5. The molecule has 0 spiro atoms. The quantitative estimate of drug-likeness (QED) is 0.544. The van der Waals surface area contributed by atoms with Crippen LogP contribution in [-0.2, 0) is 0 Å². The normalized spacial score (nSPS) is 10.8. The molecule has 2 aromatic carbocycles. The Labute approximate surface area is 156 Å². The Kier molecular flexibility index (Phi) is 4.19.